The summed E-state index contributed by atoms with van der Waals surface area (Å²) in [5.74, 6) is -0.550. The van der Waals surface area contributed by atoms with Crippen molar-refractivity contribution in [1.82, 2.24) is 5.16 Å². The van der Waals surface area contributed by atoms with Gasteiger partial charge in [0.15, 0.2) is 23.2 Å². The summed E-state index contributed by atoms with van der Waals surface area (Å²) >= 11 is 0. The van der Waals surface area contributed by atoms with E-state index in [9.17, 15) is 15.0 Å². The van der Waals surface area contributed by atoms with E-state index in [0.717, 1.165) is 16.7 Å². The summed E-state index contributed by atoms with van der Waals surface area (Å²) in [6.45, 7) is 0.758. The van der Waals surface area contributed by atoms with Crippen LogP contribution in [0.3, 0.4) is 0 Å². The Bertz CT molecular complexity index is 861. The number of aliphatic hydroxyl groups excluding tert-OH is 2. The summed E-state index contributed by atoms with van der Waals surface area (Å²) in [4.78, 5) is 12.2. The molecule has 27 heavy (non-hydrogen) atoms. The second-order valence-electron chi connectivity index (χ2n) is 6.36. The molecule has 0 fully saturated rings. The standard InChI is InChI=1S/C21H21NO5/c1-21(19(24)13-23,20(25)18-11-12-22-27-18)26-14-15-7-9-17(10-8-15)16-5-3-2-4-6-16/h2-12,20,23,25H,13-14H2,1H3/t20-,21+/m0/s1. The molecule has 0 amide bonds. The van der Waals surface area contributed by atoms with Crippen LogP contribution in [0.15, 0.2) is 71.4 Å². The molecule has 3 aromatic rings. The number of rotatable bonds is 8. The smallest absolute Gasteiger partial charge is 0.192 e. The molecule has 140 valence electrons. The van der Waals surface area contributed by atoms with Gasteiger partial charge in [-0.15, -0.1) is 0 Å². The molecule has 0 saturated heterocycles. The summed E-state index contributed by atoms with van der Waals surface area (Å²) in [5, 5.41) is 23.3. The quantitative estimate of drug-likeness (QED) is 0.636. The van der Waals surface area contributed by atoms with E-state index >= 15 is 0 Å². The highest BCUT2D eigenvalue weighted by Gasteiger charge is 2.43. The average Bonchev–Trinajstić information content (AvgIpc) is 3.26. The number of benzene rings is 2. The van der Waals surface area contributed by atoms with Crippen LogP contribution in [0.1, 0.15) is 24.4 Å². The lowest BCUT2D eigenvalue weighted by atomic mass is 9.92. The Morgan fingerprint density at radius 3 is 2.37 bits per heavy atom. The molecule has 2 aromatic carbocycles. The maximum Gasteiger partial charge on any atom is 0.192 e. The van der Waals surface area contributed by atoms with Gasteiger partial charge < -0.3 is 19.5 Å². The Kier molecular flexibility index (Phi) is 5.81. The van der Waals surface area contributed by atoms with Crippen LogP contribution in [0.2, 0.25) is 0 Å². The van der Waals surface area contributed by atoms with E-state index in [4.69, 9.17) is 9.26 Å². The summed E-state index contributed by atoms with van der Waals surface area (Å²) < 4.78 is 10.7. The van der Waals surface area contributed by atoms with Gasteiger partial charge in [0.1, 0.15) is 6.61 Å². The van der Waals surface area contributed by atoms with Crippen LogP contribution in [0, 0.1) is 0 Å². The fraction of sp³-hybridized carbons (Fsp3) is 0.238. The van der Waals surface area contributed by atoms with E-state index in [2.05, 4.69) is 5.16 Å². The summed E-state index contributed by atoms with van der Waals surface area (Å²) in [5.41, 5.74) is 1.34. The first-order valence-corrected chi connectivity index (χ1v) is 8.55. The number of hydrogen-bond donors (Lipinski definition) is 2. The van der Waals surface area contributed by atoms with E-state index < -0.39 is 24.1 Å². The fourth-order valence-electron chi connectivity index (χ4n) is 2.76. The van der Waals surface area contributed by atoms with Gasteiger partial charge >= 0.3 is 0 Å². The molecule has 0 unspecified atom stereocenters. The maximum atomic E-state index is 12.2. The molecule has 0 aliphatic rings. The SMILES string of the molecule is C[C@@](OCc1ccc(-c2ccccc2)cc1)(C(=O)CO)[C@@H](O)c1ccno1. The first-order chi connectivity index (χ1) is 13.0. The van der Waals surface area contributed by atoms with E-state index in [1.165, 1.54) is 19.2 Å². The molecular weight excluding hydrogens is 346 g/mol. The Hall–Kier alpha value is -2.80. The topological polar surface area (TPSA) is 92.8 Å². The van der Waals surface area contributed by atoms with Crippen molar-refractivity contribution in [2.75, 3.05) is 6.61 Å². The van der Waals surface area contributed by atoms with Gasteiger partial charge in [0.2, 0.25) is 0 Å². The molecule has 0 aliphatic carbocycles. The Morgan fingerprint density at radius 2 is 1.78 bits per heavy atom. The molecule has 1 heterocycles. The molecule has 0 saturated carbocycles. The molecule has 6 nitrogen and oxygen atoms in total. The predicted molar refractivity (Wildman–Crippen MR) is 98.6 cm³/mol. The maximum absolute atomic E-state index is 12.2. The molecule has 2 N–H and O–H groups in total. The van der Waals surface area contributed by atoms with Gasteiger partial charge in [-0.3, -0.25) is 4.79 Å². The number of Topliss-reactive ketones (excluding diaryl/α,β-unsaturated/α-hetero) is 1. The van der Waals surface area contributed by atoms with Crippen LogP contribution in [0.25, 0.3) is 11.1 Å². The van der Waals surface area contributed by atoms with Crippen molar-refractivity contribution in [1.29, 1.82) is 0 Å². The van der Waals surface area contributed by atoms with Crippen molar-refractivity contribution in [2.45, 2.75) is 25.2 Å². The molecule has 0 bridgehead atoms. The minimum atomic E-state index is -1.66. The minimum absolute atomic E-state index is 0.0858. The lowest BCUT2D eigenvalue weighted by Crippen LogP contribution is -2.45. The van der Waals surface area contributed by atoms with E-state index in [1.807, 2.05) is 54.6 Å². The molecule has 2 atom stereocenters. The Morgan fingerprint density at radius 1 is 1.11 bits per heavy atom. The number of carbonyl (C=O) groups excluding carboxylic acids is 1. The number of aliphatic hydroxyl groups is 2. The van der Waals surface area contributed by atoms with Crippen molar-refractivity contribution >= 4 is 5.78 Å². The van der Waals surface area contributed by atoms with Crippen molar-refractivity contribution in [3.63, 3.8) is 0 Å². The van der Waals surface area contributed by atoms with Crippen molar-refractivity contribution in [2.24, 2.45) is 0 Å². The van der Waals surface area contributed by atoms with Crippen LogP contribution in [-0.2, 0) is 16.1 Å². The van der Waals surface area contributed by atoms with Crippen molar-refractivity contribution < 1.29 is 24.3 Å². The highest BCUT2D eigenvalue weighted by atomic mass is 16.5. The van der Waals surface area contributed by atoms with Crippen LogP contribution in [0.4, 0.5) is 0 Å². The highest BCUT2D eigenvalue weighted by molar-refractivity contribution is 5.88. The van der Waals surface area contributed by atoms with E-state index in [-0.39, 0.29) is 12.4 Å². The van der Waals surface area contributed by atoms with Gasteiger partial charge in [-0.1, -0.05) is 59.8 Å². The Labute approximate surface area is 157 Å². The van der Waals surface area contributed by atoms with Crippen LogP contribution in [-0.4, -0.2) is 33.4 Å². The Balaban J connectivity index is 1.75. The van der Waals surface area contributed by atoms with Crippen LogP contribution in [0.5, 0.6) is 0 Å². The minimum Gasteiger partial charge on any atom is -0.388 e. The number of nitrogens with zero attached hydrogens (tertiary/aromatic N) is 1. The van der Waals surface area contributed by atoms with Crippen molar-refractivity contribution in [3.8, 4) is 11.1 Å². The predicted octanol–water partition coefficient (Wildman–Crippen LogP) is 2.91. The monoisotopic (exact) mass is 367 g/mol. The van der Waals surface area contributed by atoms with Gasteiger partial charge in [0, 0.05) is 6.07 Å². The first kappa shape index (κ1) is 19.0. The molecule has 0 aliphatic heterocycles. The zero-order chi connectivity index (χ0) is 19.3. The second kappa shape index (κ2) is 8.26. The van der Waals surface area contributed by atoms with E-state index in [1.54, 1.807) is 0 Å². The van der Waals surface area contributed by atoms with Gasteiger partial charge in [-0.2, -0.15) is 0 Å². The third kappa shape index (κ3) is 4.14. The molecule has 0 radical (unpaired) electrons. The van der Waals surface area contributed by atoms with Crippen molar-refractivity contribution in [3.05, 3.63) is 78.2 Å². The second-order valence-corrected chi connectivity index (χ2v) is 6.36. The normalized spacial score (nSPS) is 14.5. The third-order valence-corrected chi connectivity index (χ3v) is 4.55. The number of carbonyl (C=O) groups is 1. The summed E-state index contributed by atoms with van der Waals surface area (Å²) in [7, 11) is 0. The third-order valence-electron chi connectivity index (χ3n) is 4.55. The number of ketones is 1. The van der Waals surface area contributed by atoms with Gasteiger partial charge in [0.25, 0.3) is 0 Å². The molecular formula is C21H21NO5. The lowest BCUT2D eigenvalue weighted by molar-refractivity contribution is -0.168. The van der Waals surface area contributed by atoms with Crippen LogP contribution >= 0.6 is 0 Å². The highest BCUT2D eigenvalue weighted by Crippen LogP contribution is 2.31. The first-order valence-electron chi connectivity index (χ1n) is 8.55. The largest absolute Gasteiger partial charge is 0.388 e. The van der Waals surface area contributed by atoms with Gasteiger partial charge in [-0.05, 0) is 23.6 Å². The average molecular weight is 367 g/mol. The molecule has 6 heteroatoms. The lowest BCUT2D eigenvalue weighted by Gasteiger charge is -2.31. The van der Waals surface area contributed by atoms with Crippen LogP contribution < -0.4 is 0 Å². The molecule has 3 rings (SSSR count). The van der Waals surface area contributed by atoms with Gasteiger partial charge in [-0.25, -0.2) is 0 Å². The zero-order valence-electron chi connectivity index (χ0n) is 14.9. The summed E-state index contributed by atoms with van der Waals surface area (Å²) in [6.07, 6.45) is -0.0201. The number of aromatic nitrogens is 1. The number of ether oxygens (including phenoxy) is 1. The molecule has 1 aromatic heterocycles. The van der Waals surface area contributed by atoms with E-state index in [0.29, 0.717) is 0 Å². The molecule has 0 spiro atoms. The van der Waals surface area contributed by atoms with Gasteiger partial charge in [0.05, 0.1) is 12.8 Å². The number of hydrogen-bond acceptors (Lipinski definition) is 6. The summed E-state index contributed by atoms with van der Waals surface area (Å²) in [6, 6.07) is 19.1. The zero-order valence-corrected chi connectivity index (χ0v) is 14.9. The fourth-order valence-corrected chi connectivity index (χ4v) is 2.76.